The molecular weight excluding hydrogens is 400 g/mol. The average Bonchev–Trinajstić information content (AvgIpc) is 2.96. The van der Waals surface area contributed by atoms with E-state index in [1.165, 1.54) is 17.0 Å². The van der Waals surface area contributed by atoms with Crippen molar-refractivity contribution in [3.05, 3.63) is 74.2 Å². The number of hydrogen-bond acceptors (Lipinski definition) is 6. The number of aromatic nitrogens is 2. The third-order valence-electron chi connectivity index (χ3n) is 4.71. The van der Waals surface area contributed by atoms with Crippen LogP contribution in [0, 0.1) is 17.0 Å². The van der Waals surface area contributed by atoms with Crippen LogP contribution in [0.25, 0.3) is 5.69 Å². The molecule has 0 aliphatic heterocycles. The van der Waals surface area contributed by atoms with Crippen molar-refractivity contribution in [2.75, 3.05) is 13.2 Å². The molecule has 9 nitrogen and oxygen atoms in total. The van der Waals surface area contributed by atoms with Crippen molar-refractivity contribution in [2.24, 2.45) is 12.0 Å². The number of ether oxygens (including phenoxy) is 2. The zero-order valence-corrected chi connectivity index (χ0v) is 17.9. The van der Waals surface area contributed by atoms with E-state index in [1.807, 2.05) is 30.3 Å². The lowest BCUT2D eigenvalue weighted by Gasteiger charge is -2.11. The summed E-state index contributed by atoms with van der Waals surface area (Å²) in [5.41, 5.74) is 1.55. The molecule has 2 aromatic carbocycles. The third kappa shape index (κ3) is 4.35. The van der Waals surface area contributed by atoms with Gasteiger partial charge in [-0.3, -0.25) is 19.6 Å². The Morgan fingerprint density at radius 2 is 1.81 bits per heavy atom. The minimum Gasteiger partial charge on any atom is -0.490 e. The first-order chi connectivity index (χ1) is 14.9. The first-order valence-corrected chi connectivity index (χ1v) is 9.85. The molecule has 0 atom stereocenters. The predicted octanol–water partition coefficient (Wildman–Crippen LogP) is 3.94. The van der Waals surface area contributed by atoms with E-state index in [4.69, 9.17) is 9.47 Å². The van der Waals surface area contributed by atoms with Gasteiger partial charge in [-0.25, -0.2) is 9.67 Å². The molecule has 0 saturated carbocycles. The van der Waals surface area contributed by atoms with Crippen LogP contribution in [0.15, 0.2) is 52.3 Å². The van der Waals surface area contributed by atoms with Crippen LogP contribution in [-0.2, 0) is 7.05 Å². The molecule has 0 saturated heterocycles. The summed E-state index contributed by atoms with van der Waals surface area (Å²) < 4.78 is 14.2. The van der Waals surface area contributed by atoms with Gasteiger partial charge in [0, 0.05) is 24.9 Å². The molecular formula is C22H24N4O5. The number of nitro groups is 1. The van der Waals surface area contributed by atoms with Crippen LogP contribution in [-0.4, -0.2) is 33.7 Å². The van der Waals surface area contributed by atoms with Crippen LogP contribution in [0.3, 0.4) is 0 Å². The molecule has 0 N–H and O–H groups in total. The van der Waals surface area contributed by atoms with Crippen molar-refractivity contribution in [3.63, 3.8) is 0 Å². The maximum absolute atomic E-state index is 13.0. The number of nitrogens with zero attached hydrogens (tertiary/aromatic N) is 4. The van der Waals surface area contributed by atoms with E-state index >= 15 is 0 Å². The summed E-state index contributed by atoms with van der Waals surface area (Å²) in [5, 5.41) is 11.6. The van der Waals surface area contributed by atoms with Crippen LogP contribution >= 0.6 is 0 Å². The van der Waals surface area contributed by atoms with Crippen molar-refractivity contribution in [3.8, 4) is 17.2 Å². The second kappa shape index (κ2) is 9.29. The molecule has 0 fully saturated rings. The lowest BCUT2D eigenvalue weighted by molar-refractivity contribution is -0.385. The number of nitro benzene ring substituents is 1. The van der Waals surface area contributed by atoms with Gasteiger partial charge in [0.05, 0.1) is 29.5 Å². The maximum Gasteiger partial charge on any atom is 0.315 e. The number of rotatable bonds is 8. The summed E-state index contributed by atoms with van der Waals surface area (Å²) in [6.45, 7) is 5.89. The van der Waals surface area contributed by atoms with Crippen LogP contribution < -0.4 is 15.0 Å². The molecule has 0 radical (unpaired) electrons. The van der Waals surface area contributed by atoms with E-state index < -0.39 is 4.92 Å². The SMILES string of the molecule is CCOc1cc(C=Nc2c(C)n(C)n(-c3ccccc3)c2=O)cc([N+](=O)[O-])c1OCC. The van der Waals surface area contributed by atoms with Crippen molar-refractivity contribution < 1.29 is 14.4 Å². The van der Waals surface area contributed by atoms with Gasteiger partial charge in [0.1, 0.15) is 0 Å². The molecule has 3 aromatic rings. The molecule has 0 aliphatic carbocycles. The van der Waals surface area contributed by atoms with Gasteiger partial charge in [-0.2, -0.15) is 0 Å². The minimum absolute atomic E-state index is 0.0776. The maximum atomic E-state index is 13.0. The minimum atomic E-state index is -0.527. The summed E-state index contributed by atoms with van der Waals surface area (Å²) in [4.78, 5) is 28.4. The van der Waals surface area contributed by atoms with Gasteiger partial charge in [0.2, 0.25) is 5.75 Å². The van der Waals surface area contributed by atoms with E-state index in [1.54, 1.807) is 38.6 Å². The first kappa shape index (κ1) is 21.8. The highest BCUT2D eigenvalue weighted by Gasteiger charge is 2.22. The van der Waals surface area contributed by atoms with Gasteiger partial charge in [0.15, 0.2) is 11.4 Å². The fourth-order valence-electron chi connectivity index (χ4n) is 3.21. The van der Waals surface area contributed by atoms with Gasteiger partial charge in [-0.05, 0) is 39.0 Å². The summed E-state index contributed by atoms with van der Waals surface area (Å²) >= 11 is 0. The number of aliphatic imine (C=N–C) groups is 1. The van der Waals surface area contributed by atoms with Crippen molar-refractivity contribution in [1.29, 1.82) is 0 Å². The van der Waals surface area contributed by atoms with Crippen LogP contribution in [0.5, 0.6) is 11.5 Å². The normalized spacial score (nSPS) is 11.1. The second-order valence-electron chi connectivity index (χ2n) is 6.66. The third-order valence-corrected chi connectivity index (χ3v) is 4.71. The standard InChI is InChI=1S/C22H24N4O5/c1-5-30-19-13-16(12-18(26(28)29)21(19)31-6-2)14-23-20-15(3)24(4)25(22(20)27)17-10-8-7-9-11-17/h7-14H,5-6H2,1-4H3. The fourth-order valence-corrected chi connectivity index (χ4v) is 3.21. The molecule has 1 aromatic heterocycles. The van der Waals surface area contributed by atoms with Gasteiger partial charge >= 0.3 is 5.69 Å². The lowest BCUT2D eigenvalue weighted by Crippen LogP contribution is -2.19. The first-order valence-electron chi connectivity index (χ1n) is 9.85. The number of hydrogen-bond donors (Lipinski definition) is 0. The van der Waals surface area contributed by atoms with E-state index in [-0.39, 0.29) is 35.0 Å². The highest BCUT2D eigenvalue weighted by Crippen LogP contribution is 2.38. The summed E-state index contributed by atoms with van der Waals surface area (Å²) in [5.74, 6) is 0.334. The Morgan fingerprint density at radius 3 is 2.42 bits per heavy atom. The zero-order valence-electron chi connectivity index (χ0n) is 17.9. The van der Waals surface area contributed by atoms with E-state index in [0.29, 0.717) is 17.9 Å². The van der Waals surface area contributed by atoms with Gasteiger partial charge < -0.3 is 9.47 Å². The molecule has 0 aliphatic rings. The smallest absolute Gasteiger partial charge is 0.315 e. The molecule has 0 bridgehead atoms. The molecule has 1 heterocycles. The Hall–Kier alpha value is -3.88. The summed E-state index contributed by atoms with van der Waals surface area (Å²) in [6.07, 6.45) is 1.42. The highest BCUT2D eigenvalue weighted by atomic mass is 16.6. The Labute approximate surface area is 179 Å². The molecule has 0 spiro atoms. The molecule has 9 heteroatoms. The molecule has 162 valence electrons. The zero-order chi connectivity index (χ0) is 22.5. The predicted molar refractivity (Wildman–Crippen MR) is 118 cm³/mol. The molecule has 31 heavy (non-hydrogen) atoms. The Balaban J connectivity index is 2.08. The van der Waals surface area contributed by atoms with Gasteiger partial charge in [-0.1, -0.05) is 18.2 Å². The second-order valence-corrected chi connectivity index (χ2v) is 6.66. The number of benzene rings is 2. The van der Waals surface area contributed by atoms with Crippen molar-refractivity contribution >= 4 is 17.6 Å². The number of para-hydroxylation sites is 1. The largest absolute Gasteiger partial charge is 0.490 e. The monoisotopic (exact) mass is 424 g/mol. The van der Waals surface area contributed by atoms with Crippen LogP contribution in [0.1, 0.15) is 25.1 Å². The van der Waals surface area contributed by atoms with Crippen LogP contribution in [0.4, 0.5) is 11.4 Å². The Kier molecular flexibility index (Phi) is 6.54. The summed E-state index contributed by atoms with van der Waals surface area (Å²) in [6, 6.07) is 12.2. The molecule has 3 rings (SSSR count). The van der Waals surface area contributed by atoms with Crippen LogP contribution in [0.2, 0.25) is 0 Å². The molecule has 0 amide bonds. The average molecular weight is 424 g/mol. The van der Waals surface area contributed by atoms with Gasteiger partial charge in [-0.15, -0.1) is 0 Å². The summed E-state index contributed by atoms with van der Waals surface area (Å²) in [7, 11) is 1.78. The van der Waals surface area contributed by atoms with Crippen molar-refractivity contribution in [2.45, 2.75) is 20.8 Å². The Bertz CT molecular complexity index is 1180. The van der Waals surface area contributed by atoms with Gasteiger partial charge in [0.25, 0.3) is 5.56 Å². The van der Waals surface area contributed by atoms with Crippen molar-refractivity contribution in [1.82, 2.24) is 9.36 Å². The quantitative estimate of drug-likeness (QED) is 0.310. The van der Waals surface area contributed by atoms with E-state index in [0.717, 1.165) is 5.69 Å². The lowest BCUT2D eigenvalue weighted by atomic mass is 10.2. The topological polar surface area (TPSA) is 101 Å². The van der Waals surface area contributed by atoms with E-state index in [2.05, 4.69) is 4.99 Å². The highest BCUT2D eigenvalue weighted by molar-refractivity contribution is 5.85. The Morgan fingerprint density at radius 1 is 1.13 bits per heavy atom. The molecule has 0 unspecified atom stereocenters. The van der Waals surface area contributed by atoms with E-state index in [9.17, 15) is 14.9 Å². The fraction of sp³-hybridized carbons (Fsp3) is 0.273.